The van der Waals surface area contributed by atoms with Gasteiger partial charge in [-0.2, -0.15) is 10.1 Å². The average molecular weight is 545 g/mol. The maximum absolute atomic E-state index is 13.0. The van der Waals surface area contributed by atoms with Gasteiger partial charge in [0.25, 0.3) is 5.91 Å². The van der Waals surface area contributed by atoms with E-state index in [0.717, 1.165) is 58.5 Å². The molecule has 7 nitrogen and oxygen atoms in total. The lowest BCUT2D eigenvalue weighted by molar-refractivity contribution is -0.113. The summed E-state index contributed by atoms with van der Waals surface area (Å²) in [7, 11) is 0. The number of morpholine rings is 1. The van der Waals surface area contributed by atoms with Crippen LogP contribution in [0.1, 0.15) is 45.2 Å². The molecule has 1 aromatic heterocycles. The lowest BCUT2D eigenvalue weighted by Gasteiger charge is -2.35. The summed E-state index contributed by atoms with van der Waals surface area (Å²) >= 11 is 1.42. The minimum Gasteiger partial charge on any atom is -0.493 e. The number of carbonyl (C=O) groups is 1. The maximum atomic E-state index is 13.0. The topological polar surface area (TPSA) is 69.0 Å². The van der Waals surface area contributed by atoms with Crippen molar-refractivity contribution in [3.63, 3.8) is 0 Å². The Kier molecular flexibility index (Phi) is 8.23. The molecule has 5 rings (SSSR count). The van der Waals surface area contributed by atoms with Gasteiger partial charge in [0.15, 0.2) is 5.17 Å². The molecular weight excluding hydrogens is 508 g/mol. The van der Waals surface area contributed by atoms with Gasteiger partial charge >= 0.3 is 0 Å². The van der Waals surface area contributed by atoms with Gasteiger partial charge in [0.1, 0.15) is 11.4 Å². The minimum absolute atomic E-state index is 0.0939. The molecular formula is C31H36N4O3S. The third-order valence-corrected chi connectivity index (χ3v) is 7.79. The monoisotopic (exact) mass is 544 g/mol. The molecule has 3 heterocycles. The number of thioether (sulfide) groups is 1. The Morgan fingerprint density at radius 1 is 1.13 bits per heavy atom. The van der Waals surface area contributed by atoms with Crippen LogP contribution in [0.5, 0.6) is 5.75 Å². The second kappa shape index (κ2) is 11.8. The lowest BCUT2D eigenvalue weighted by atomic mass is 10.0. The molecule has 0 bridgehead atoms. The fraction of sp³-hybridized carbons (Fsp3) is 0.387. The van der Waals surface area contributed by atoms with E-state index >= 15 is 0 Å². The lowest BCUT2D eigenvalue weighted by Crippen LogP contribution is -2.47. The zero-order valence-corrected chi connectivity index (χ0v) is 24.1. The highest BCUT2D eigenvalue weighted by atomic mass is 32.2. The van der Waals surface area contributed by atoms with Crippen LogP contribution < -0.4 is 4.74 Å². The number of aromatic nitrogens is 2. The number of carbonyl (C=O) groups excluding carboxylic acids is 1. The summed E-state index contributed by atoms with van der Waals surface area (Å²) in [5.74, 6) is 1.26. The van der Waals surface area contributed by atoms with Gasteiger partial charge in [-0.3, -0.25) is 4.79 Å². The van der Waals surface area contributed by atoms with Crippen LogP contribution in [0.3, 0.4) is 0 Å². The molecule has 0 spiro atoms. The van der Waals surface area contributed by atoms with Crippen LogP contribution in [0, 0.1) is 12.8 Å². The van der Waals surface area contributed by atoms with Gasteiger partial charge in [0.05, 0.1) is 29.4 Å². The zero-order valence-electron chi connectivity index (χ0n) is 23.3. The molecule has 0 saturated carbocycles. The standard InChI is InChI=1S/C31H36N4O3S/c1-20(2)13-14-37-27-12-11-24(15-21(27)3)29-25(19-35(33-29)26-9-7-6-8-10-26)16-28-30(36)32-31(39-28)34-17-22(4)38-23(5)18-34/h6-12,15-16,19-20,22-23H,13-14,17-18H2,1-5H3/b28-16+. The number of aliphatic imine (C=N–C) groups is 1. The van der Waals surface area contributed by atoms with Crippen LogP contribution >= 0.6 is 11.8 Å². The van der Waals surface area contributed by atoms with Crippen molar-refractivity contribution in [3.8, 4) is 22.7 Å². The van der Waals surface area contributed by atoms with Crippen molar-refractivity contribution >= 4 is 28.9 Å². The van der Waals surface area contributed by atoms with Crippen LogP contribution in [-0.4, -0.2) is 57.7 Å². The van der Waals surface area contributed by atoms with Gasteiger partial charge in [-0.05, 0) is 86.8 Å². The first-order chi connectivity index (χ1) is 18.8. The van der Waals surface area contributed by atoms with Crippen molar-refractivity contribution in [1.82, 2.24) is 14.7 Å². The highest BCUT2D eigenvalue weighted by Gasteiger charge is 2.31. The molecule has 2 aromatic carbocycles. The van der Waals surface area contributed by atoms with Crippen molar-refractivity contribution < 1.29 is 14.3 Å². The van der Waals surface area contributed by atoms with Crippen molar-refractivity contribution in [3.05, 3.63) is 70.8 Å². The van der Waals surface area contributed by atoms with Gasteiger partial charge in [-0.25, -0.2) is 4.68 Å². The number of ether oxygens (including phenoxy) is 2. The third-order valence-electron chi connectivity index (χ3n) is 6.75. The van der Waals surface area contributed by atoms with Crippen molar-refractivity contribution in [2.45, 2.75) is 53.2 Å². The molecule has 3 aromatic rings. The number of nitrogens with zero attached hydrogens (tertiary/aromatic N) is 4. The Morgan fingerprint density at radius 2 is 1.87 bits per heavy atom. The third kappa shape index (κ3) is 6.45. The summed E-state index contributed by atoms with van der Waals surface area (Å²) in [5.41, 5.74) is 4.64. The van der Waals surface area contributed by atoms with Gasteiger partial charge < -0.3 is 14.4 Å². The highest BCUT2D eigenvalue weighted by molar-refractivity contribution is 8.18. The molecule has 0 N–H and O–H groups in total. The second-order valence-corrected chi connectivity index (χ2v) is 11.7. The van der Waals surface area contributed by atoms with Crippen LogP contribution in [0.15, 0.2) is 64.6 Å². The predicted octanol–water partition coefficient (Wildman–Crippen LogP) is 6.35. The average Bonchev–Trinajstić information content (AvgIpc) is 3.49. The molecule has 2 atom stereocenters. The maximum Gasteiger partial charge on any atom is 0.286 e. The first-order valence-electron chi connectivity index (χ1n) is 13.6. The second-order valence-electron chi connectivity index (χ2n) is 10.7. The number of hydrogen-bond acceptors (Lipinski definition) is 6. The normalized spacial score (nSPS) is 20.7. The summed E-state index contributed by atoms with van der Waals surface area (Å²) < 4.78 is 13.8. The number of hydrogen-bond donors (Lipinski definition) is 0. The Balaban J connectivity index is 1.45. The Labute approximate surface area is 234 Å². The molecule has 2 aliphatic rings. The molecule has 1 saturated heterocycles. The van der Waals surface area contributed by atoms with Crippen LogP contribution in [0.2, 0.25) is 0 Å². The van der Waals surface area contributed by atoms with Gasteiger partial charge in [-0.1, -0.05) is 32.0 Å². The van der Waals surface area contributed by atoms with Crippen molar-refractivity contribution in [2.75, 3.05) is 19.7 Å². The molecule has 0 radical (unpaired) electrons. The molecule has 39 heavy (non-hydrogen) atoms. The summed E-state index contributed by atoms with van der Waals surface area (Å²) in [6.45, 7) is 12.7. The molecule has 2 unspecified atom stereocenters. The Morgan fingerprint density at radius 3 is 2.56 bits per heavy atom. The van der Waals surface area contributed by atoms with E-state index in [2.05, 4.69) is 36.7 Å². The quantitative estimate of drug-likeness (QED) is 0.323. The number of benzene rings is 2. The van der Waals surface area contributed by atoms with E-state index < -0.39 is 0 Å². The van der Waals surface area contributed by atoms with Crippen LogP contribution in [0.4, 0.5) is 0 Å². The highest BCUT2D eigenvalue weighted by Crippen LogP contribution is 2.35. The van der Waals surface area contributed by atoms with E-state index in [1.807, 2.05) is 73.3 Å². The van der Waals surface area contributed by atoms with E-state index in [0.29, 0.717) is 17.4 Å². The largest absolute Gasteiger partial charge is 0.493 e. The zero-order chi connectivity index (χ0) is 27.5. The van der Waals surface area contributed by atoms with E-state index in [4.69, 9.17) is 14.6 Å². The van der Waals surface area contributed by atoms with E-state index in [-0.39, 0.29) is 18.1 Å². The minimum atomic E-state index is -0.217. The van der Waals surface area contributed by atoms with Crippen molar-refractivity contribution in [1.29, 1.82) is 0 Å². The molecule has 8 heteroatoms. The summed E-state index contributed by atoms with van der Waals surface area (Å²) in [6.07, 6.45) is 5.09. The molecule has 2 aliphatic heterocycles. The summed E-state index contributed by atoms with van der Waals surface area (Å²) in [6, 6.07) is 16.2. The molecule has 204 valence electrons. The number of amides is 1. The first kappa shape index (κ1) is 27.2. The molecule has 0 aliphatic carbocycles. The van der Waals surface area contributed by atoms with Crippen LogP contribution in [0.25, 0.3) is 23.0 Å². The van der Waals surface area contributed by atoms with E-state index in [1.165, 1.54) is 11.8 Å². The van der Waals surface area contributed by atoms with Gasteiger partial charge in [-0.15, -0.1) is 0 Å². The number of aryl methyl sites for hydroxylation is 1. The van der Waals surface area contributed by atoms with E-state index in [9.17, 15) is 4.79 Å². The van der Waals surface area contributed by atoms with Gasteiger partial charge in [0.2, 0.25) is 0 Å². The van der Waals surface area contributed by atoms with Crippen LogP contribution in [-0.2, 0) is 9.53 Å². The Hall–Kier alpha value is -3.36. The number of rotatable bonds is 7. The number of amidine groups is 1. The fourth-order valence-electron chi connectivity index (χ4n) is 4.80. The molecule has 1 fully saturated rings. The number of para-hydroxylation sites is 1. The smallest absolute Gasteiger partial charge is 0.286 e. The summed E-state index contributed by atoms with van der Waals surface area (Å²) in [5, 5.41) is 5.69. The summed E-state index contributed by atoms with van der Waals surface area (Å²) in [4.78, 5) is 20.1. The first-order valence-corrected chi connectivity index (χ1v) is 14.4. The van der Waals surface area contributed by atoms with E-state index in [1.54, 1.807) is 0 Å². The SMILES string of the molecule is Cc1cc(-c2nn(-c3ccccc3)cc2/C=C2/SC(N3CC(C)OC(C)C3)=NC2=O)ccc1OCCC(C)C. The van der Waals surface area contributed by atoms with Crippen molar-refractivity contribution in [2.24, 2.45) is 10.9 Å². The predicted molar refractivity (Wildman–Crippen MR) is 158 cm³/mol. The molecule has 1 amide bonds. The van der Waals surface area contributed by atoms with Gasteiger partial charge in [0, 0.05) is 30.4 Å². The fourth-order valence-corrected chi connectivity index (χ4v) is 5.72. The Bertz CT molecular complexity index is 1390.